The zero-order chi connectivity index (χ0) is 12.7. The molecule has 4 heteroatoms. The van der Waals surface area contributed by atoms with Crippen LogP contribution < -0.4 is 10.1 Å². The minimum atomic E-state index is -0.217. The van der Waals surface area contributed by atoms with Crippen LogP contribution in [0.4, 0.5) is 4.39 Å². The van der Waals surface area contributed by atoms with Crippen molar-refractivity contribution in [2.24, 2.45) is 0 Å². The molecule has 1 atom stereocenters. The van der Waals surface area contributed by atoms with Gasteiger partial charge >= 0.3 is 0 Å². The largest absolute Gasteiger partial charge is 0.496 e. The van der Waals surface area contributed by atoms with Crippen molar-refractivity contribution in [3.8, 4) is 5.75 Å². The molecule has 17 heavy (non-hydrogen) atoms. The molecule has 0 heterocycles. The van der Waals surface area contributed by atoms with Crippen molar-refractivity contribution in [1.29, 1.82) is 0 Å². The first-order valence-corrected chi connectivity index (χ1v) is 7.18. The second-order valence-corrected chi connectivity index (χ2v) is 4.76. The van der Waals surface area contributed by atoms with Crippen molar-refractivity contribution < 1.29 is 9.13 Å². The van der Waals surface area contributed by atoms with E-state index in [1.165, 1.54) is 6.07 Å². The Labute approximate surface area is 107 Å². The molecule has 0 aliphatic carbocycles. The average Bonchev–Trinajstić information content (AvgIpc) is 2.34. The summed E-state index contributed by atoms with van der Waals surface area (Å²) in [4.78, 5) is 0. The van der Waals surface area contributed by atoms with Crippen LogP contribution in [0.2, 0.25) is 0 Å². The summed E-state index contributed by atoms with van der Waals surface area (Å²) in [5.74, 6) is 1.43. The van der Waals surface area contributed by atoms with E-state index in [2.05, 4.69) is 12.2 Å². The number of halogens is 1. The molecule has 96 valence electrons. The second-order valence-electron chi connectivity index (χ2n) is 3.85. The summed E-state index contributed by atoms with van der Waals surface area (Å²) in [5, 5.41) is 3.42. The lowest BCUT2D eigenvalue weighted by molar-refractivity contribution is 0.400. The highest BCUT2D eigenvalue weighted by Crippen LogP contribution is 2.27. The van der Waals surface area contributed by atoms with Gasteiger partial charge in [-0.2, -0.15) is 11.8 Å². The predicted octanol–water partition coefficient (Wildman–Crippen LogP) is 3.24. The van der Waals surface area contributed by atoms with Crippen LogP contribution in [0.5, 0.6) is 5.75 Å². The zero-order valence-electron chi connectivity index (χ0n) is 10.6. The van der Waals surface area contributed by atoms with E-state index < -0.39 is 0 Å². The molecule has 0 fully saturated rings. The molecule has 0 saturated carbocycles. The zero-order valence-corrected chi connectivity index (χ0v) is 11.4. The Morgan fingerprint density at radius 3 is 2.82 bits per heavy atom. The Bertz CT molecular complexity index is 346. The van der Waals surface area contributed by atoms with Gasteiger partial charge in [0.05, 0.1) is 7.11 Å². The van der Waals surface area contributed by atoms with Crippen molar-refractivity contribution >= 4 is 11.8 Å². The number of ether oxygens (including phenoxy) is 1. The number of hydrogen-bond acceptors (Lipinski definition) is 3. The molecule has 1 rings (SSSR count). The van der Waals surface area contributed by atoms with Gasteiger partial charge in [0, 0.05) is 17.4 Å². The van der Waals surface area contributed by atoms with Crippen LogP contribution >= 0.6 is 11.8 Å². The molecule has 1 N–H and O–H groups in total. The summed E-state index contributed by atoms with van der Waals surface area (Å²) in [6.07, 6.45) is 3.11. The fraction of sp³-hybridized carbons (Fsp3) is 0.538. The summed E-state index contributed by atoms with van der Waals surface area (Å²) in [6.45, 7) is 3.04. The predicted molar refractivity (Wildman–Crippen MR) is 72.4 cm³/mol. The molecule has 1 aromatic carbocycles. The smallest absolute Gasteiger partial charge is 0.123 e. The Morgan fingerprint density at radius 1 is 1.47 bits per heavy atom. The van der Waals surface area contributed by atoms with Crippen LogP contribution in [-0.4, -0.2) is 25.7 Å². The van der Waals surface area contributed by atoms with Crippen LogP contribution in [0.15, 0.2) is 18.2 Å². The first-order valence-electron chi connectivity index (χ1n) is 5.78. The minimum absolute atomic E-state index is 0.135. The third kappa shape index (κ3) is 4.21. The van der Waals surface area contributed by atoms with Crippen molar-refractivity contribution in [2.45, 2.75) is 19.4 Å². The molecular formula is C13H20FNOS. The minimum Gasteiger partial charge on any atom is -0.496 e. The van der Waals surface area contributed by atoms with Gasteiger partial charge in [-0.15, -0.1) is 0 Å². The van der Waals surface area contributed by atoms with E-state index in [0.717, 1.165) is 30.0 Å². The molecule has 0 radical (unpaired) electrons. The number of methoxy groups -OCH3 is 1. The first kappa shape index (κ1) is 14.3. The van der Waals surface area contributed by atoms with Gasteiger partial charge in [0.25, 0.3) is 0 Å². The summed E-state index contributed by atoms with van der Waals surface area (Å²) in [5.41, 5.74) is 0.898. The lowest BCUT2D eigenvalue weighted by Gasteiger charge is -2.20. The number of rotatable bonds is 7. The van der Waals surface area contributed by atoms with E-state index in [-0.39, 0.29) is 11.9 Å². The van der Waals surface area contributed by atoms with E-state index in [9.17, 15) is 4.39 Å². The van der Waals surface area contributed by atoms with Crippen LogP contribution in [0.3, 0.4) is 0 Å². The molecule has 1 unspecified atom stereocenters. The number of nitrogens with one attached hydrogen (secondary N) is 1. The normalized spacial score (nSPS) is 12.5. The SMILES string of the molecule is CCCNC(CSC)c1cc(F)ccc1OC. The molecule has 0 aliphatic rings. The van der Waals surface area contributed by atoms with Crippen LogP contribution in [0.1, 0.15) is 24.9 Å². The van der Waals surface area contributed by atoms with Gasteiger partial charge in [0.2, 0.25) is 0 Å². The van der Waals surface area contributed by atoms with E-state index in [1.54, 1.807) is 31.0 Å². The highest BCUT2D eigenvalue weighted by atomic mass is 32.2. The van der Waals surface area contributed by atoms with Crippen LogP contribution in [0.25, 0.3) is 0 Å². The van der Waals surface area contributed by atoms with Crippen molar-refractivity contribution in [2.75, 3.05) is 25.7 Å². The van der Waals surface area contributed by atoms with Gasteiger partial charge in [-0.05, 0) is 37.4 Å². The van der Waals surface area contributed by atoms with Crippen LogP contribution in [-0.2, 0) is 0 Å². The van der Waals surface area contributed by atoms with E-state index in [0.29, 0.717) is 0 Å². The van der Waals surface area contributed by atoms with Crippen molar-refractivity contribution in [1.82, 2.24) is 5.32 Å². The van der Waals surface area contributed by atoms with Crippen molar-refractivity contribution in [3.05, 3.63) is 29.6 Å². The standard InChI is InChI=1S/C13H20FNOS/c1-4-7-15-12(9-17-3)11-8-10(14)5-6-13(11)16-2/h5-6,8,12,15H,4,7,9H2,1-3H3. The monoisotopic (exact) mass is 257 g/mol. The Balaban J connectivity index is 2.93. The summed E-state index contributed by atoms with van der Waals surface area (Å²) >= 11 is 1.74. The summed E-state index contributed by atoms with van der Waals surface area (Å²) in [6, 6.07) is 4.81. The third-order valence-corrected chi connectivity index (χ3v) is 3.21. The molecule has 0 spiro atoms. The maximum absolute atomic E-state index is 13.3. The molecular weight excluding hydrogens is 237 g/mol. The van der Waals surface area contributed by atoms with Gasteiger partial charge in [-0.3, -0.25) is 0 Å². The maximum atomic E-state index is 13.3. The van der Waals surface area contributed by atoms with Crippen molar-refractivity contribution in [3.63, 3.8) is 0 Å². The quantitative estimate of drug-likeness (QED) is 0.810. The van der Waals surface area contributed by atoms with Gasteiger partial charge in [0.15, 0.2) is 0 Å². The third-order valence-electron chi connectivity index (χ3n) is 2.54. The fourth-order valence-corrected chi connectivity index (χ4v) is 2.35. The number of thioether (sulfide) groups is 1. The van der Waals surface area contributed by atoms with E-state index >= 15 is 0 Å². The van der Waals surface area contributed by atoms with E-state index in [4.69, 9.17) is 4.74 Å². The Morgan fingerprint density at radius 2 is 2.24 bits per heavy atom. The number of hydrogen-bond donors (Lipinski definition) is 1. The van der Waals surface area contributed by atoms with E-state index in [1.807, 2.05) is 6.26 Å². The molecule has 1 aromatic rings. The molecule has 0 saturated heterocycles. The van der Waals surface area contributed by atoms with Gasteiger partial charge < -0.3 is 10.1 Å². The summed E-state index contributed by atoms with van der Waals surface area (Å²) in [7, 11) is 1.62. The van der Waals surface area contributed by atoms with Gasteiger partial charge in [0.1, 0.15) is 11.6 Å². The fourth-order valence-electron chi connectivity index (χ4n) is 1.72. The van der Waals surface area contributed by atoms with Gasteiger partial charge in [-0.1, -0.05) is 6.92 Å². The average molecular weight is 257 g/mol. The highest BCUT2D eigenvalue weighted by molar-refractivity contribution is 7.98. The second kappa shape index (κ2) is 7.56. The topological polar surface area (TPSA) is 21.3 Å². The molecule has 0 aliphatic heterocycles. The lowest BCUT2D eigenvalue weighted by atomic mass is 10.1. The highest BCUT2D eigenvalue weighted by Gasteiger charge is 2.15. The Kier molecular flexibility index (Phi) is 6.37. The Hall–Kier alpha value is -0.740. The first-order chi connectivity index (χ1) is 8.22. The number of benzene rings is 1. The van der Waals surface area contributed by atoms with Crippen LogP contribution in [0, 0.1) is 5.82 Å². The van der Waals surface area contributed by atoms with Gasteiger partial charge in [-0.25, -0.2) is 4.39 Å². The maximum Gasteiger partial charge on any atom is 0.123 e. The summed E-state index contributed by atoms with van der Waals surface area (Å²) < 4.78 is 18.6. The lowest BCUT2D eigenvalue weighted by Crippen LogP contribution is -2.24. The molecule has 0 aromatic heterocycles. The molecule has 0 amide bonds. The molecule has 2 nitrogen and oxygen atoms in total. The molecule has 0 bridgehead atoms.